The van der Waals surface area contributed by atoms with Crippen LogP contribution in [-0.4, -0.2) is 24.6 Å². The van der Waals surface area contributed by atoms with Crippen LogP contribution in [0.5, 0.6) is 0 Å². The van der Waals surface area contributed by atoms with Crippen molar-refractivity contribution in [1.82, 2.24) is 14.8 Å². The van der Waals surface area contributed by atoms with Crippen LogP contribution in [0.2, 0.25) is 5.02 Å². The molecule has 4 rings (SSSR count). The zero-order chi connectivity index (χ0) is 21.3. The van der Waals surface area contributed by atoms with Crippen molar-refractivity contribution in [3.8, 4) is 28.5 Å². The molecule has 0 aliphatic carbocycles. The van der Waals surface area contributed by atoms with Crippen molar-refractivity contribution in [2.45, 2.75) is 0 Å². The number of hydrogen-bond acceptors (Lipinski definition) is 6. The van der Waals surface area contributed by atoms with Crippen LogP contribution in [0.1, 0.15) is 0 Å². The van der Waals surface area contributed by atoms with Gasteiger partial charge in [-0.15, -0.1) is 5.10 Å². The highest BCUT2D eigenvalue weighted by Crippen LogP contribution is 2.32. The number of aromatic nitrogens is 3. The highest BCUT2D eigenvalue weighted by molar-refractivity contribution is 6.30. The van der Waals surface area contributed by atoms with Gasteiger partial charge in [-0.2, -0.15) is 0 Å². The Kier molecular flexibility index (Phi) is 4.95. The lowest BCUT2D eigenvalue weighted by Gasteiger charge is -2.06. The Morgan fingerprint density at radius 1 is 0.833 bits per heavy atom. The highest BCUT2D eigenvalue weighted by atomic mass is 35.5. The Hall–Kier alpha value is -4.11. The predicted octanol–water partition coefficient (Wildman–Crippen LogP) is 5.07. The number of rotatable bonds is 5. The van der Waals surface area contributed by atoms with Gasteiger partial charge in [0.15, 0.2) is 11.6 Å². The zero-order valence-electron chi connectivity index (χ0n) is 15.2. The van der Waals surface area contributed by atoms with Crippen LogP contribution in [-0.2, 0) is 0 Å². The first-order valence-electron chi connectivity index (χ1n) is 8.65. The monoisotopic (exact) mass is 421 g/mol. The number of nitro groups is 2. The van der Waals surface area contributed by atoms with Gasteiger partial charge in [-0.1, -0.05) is 41.9 Å². The summed E-state index contributed by atoms with van der Waals surface area (Å²) in [5, 5.41) is 27.7. The summed E-state index contributed by atoms with van der Waals surface area (Å²) in [7, 11) is 0. The Morgan fingerprint density at radius 3 is 2.17 bits per heavy atom. The van der Waals surface area contributed by atoms with Gasteiger partial charge in [-0.3, -0.25) is 20.2 Å². The van der Waals surface area contributed by atoms with Crippen LogP contribution in [0.15, 0.2) is 72.8 Å². The van der Waals surface area contributed by atoms with Gasteiger partial charge in [0.1, 0.15) is 5.69 Å². The molecule has 0 saturated carbocycles. The first kappa shape index (κ1) is 19.2. The average molecular weight is 422 g/mol. The van der Waals surface area contributed by atoms with E-state index in [1.165, 1.54) is 16.8 Å². The molecular weight excluding hydrogens is 410 g/mol. The third-order valence-corrected chi connectivity index (χ3v) is 4.59. The summed E-state index contributed by atoms with van der Waals surface area (Å²) in [5.41, 5.74) is 0.577. The normalized spacial score (nSPS) is 10.7. The van der Waals surface area contributed by atoms with E-state index >= 15 is 0 Å². The van der Waals surface area contributed by atoms with Gasteiger partial charge in [-0.05, 0) is 30.3 Å². The summed E-state index contributed by atoms with van der Waals surface area (Å²) in [6, 6.07) is 19.3. The maximum atomic E-state index is 11.6. The van der Waals surface area contributed by atoms with E-state index in [0.717, 1.165) is 6.07 Å². The SMILES string of the molecule is O=[N+]([O-])c1ccc(-n2nc(-c3ccc(Cl)cc3)nc2-c2ccccc2)c([N+](=O)[O-])c1. The minimum atomic E-state index is -0.685. The number of halogens is 1. The molecule has 0 unspecified atom stereocenters. The van der Waals surface area contributed by atoms with Gasteiger partial charge >= 0.3 is 5.69 Å². The van der Waals surface area contributed by atoms with E-state index in [0.29, 0.717) is 27.8 Å². The molecule has 9 nitrogen and oxygen atoms in total. The quantitative estimate of drug-likeness (QED) is 0.328. The number of benzene rings is 3. The number of nitro benzene ring substituents is 2. The van der Waals surface area contributed by atoms with Crippen LogP contribution >= 0.6 is 11.6 Å². The molecule has 0 atom stereocenters. The molecule has 0 radical (unpaired) electrons. The van der Waals surface area contributed by atoms with Crippen LogP contribution in [0.3, 0.4) is 0 Å². The minimum absolute atomic E-state index is 0.0668. The van der Waals surface area contributed by atoms with Crippen molar-refractivity contribution in [2.24, 2.45) is 0 Å². The van der Waals surface area contributed by atoms with Gasteiger partial charge in [0.05, 0.1) is 15.9 Å². The molecule has 0 amide bonds. The summed E-state index contributed by atoms with van der Waals surface area (Å²) in [5.74, 6) is 0.690. The van der Waals surface area contributed by atoms with Crippen LogP contribution in [0, 0.1) is 20.2 Å². The first-order valence-corrected chi connectivity index (χ1v) is 9.03. The van der Waals surface area contributed by atoms with E-state index in [1.807, 2.05) is 6.07 Å². The topological polar surface area (TPSA) is 117 Å². The second kappa shape index (κ2) is 7.72. The van der Waals surface area contributed by atoms with Gasteiger partial charge in [0, 0.05) is 22.2 Å². The summed E-state index contributed by atoms with van der Waals surface area (Å²) in [4.78, 5) is 25.9. The lowest BCUT2D eigenvalue weighted by molar-refractivity contribution is -0.394. The van der Waals surface area contributed by atoms with Gasteiger partial charge in [-0.25, -0.2) is 9.67 Å². The third kappa shape index (κ3) is 3.61. The lowest BCUT2D eigenvalue weighted by atomic mass is 10.2. The van der Waals surface area contributed by atoms with Crippen molar-refractivity contribution in [2.75, 3.05) is 0 Å². The minimum Gasteiger partial charge on any atom is -0.258 e. The molecule has 0 aliphatic heterocycles. The predicted molar refractivity (Wildman–Crippen MR) is 111 cm³/mol. The van der Waals surface area contributed by atoms with Gasteiger partial charge in [0.25, 0.3) is 5.69 Å². The Morgan fingerprint density at radius 2 is 1.53 bits per heavy atom. The van der Waals surface area contributed by atoms with Crippen LogP contribution in [0.25, 0.3) is 28.5 Å². The van der Waals surface area contributed by atoms with Crippen molar-refractivity contribution >= 4 is 23.0 Å². The zero-order valence-corrected chi connectivity index (χ0v) is 15.9. The van der Waals surface area contributed by atoms with Crippen molar-refractivity contribution in [3.63, 3.8) is 0 Å². The standard InChI is InChI=1S/C20H12ClN5O4/c21-15-8-6-13(7-9-15)19-22-20(14-4-2-1-3-5-14)24(23-19)17-11-10-16(25(27)28)12-18(17)26(29)30/h1-12H. The Balaban J connectivity index is 1.96. The van der Waals surface area contributed by atoms with Crippen LogP contribution < -0.4 is 0 Å². The van der Waals surface area contributed by atoms with E-state index in [2.05, 4.69) is 10.1 Å². The van der Waals surface area contributed by atoms with Gasteiger partial charge in [0.2, 0.25) is 0 Å². The lowest BCUT2D eigenvalue weighted by Crippen LogP contribution is -2.05. The summed E-state index contributed by atoms with van der Waals surface area (Å²) in [6.45, 7) is 0. The van der Waals surface area contributed by atoms with E-state index < -0.39 is 15.5 Å². The first-order chi connectivity index (χ1) is 14.4. The molecule has 0 aliphatic rings. The summed E-state index contributed by atoms with van der Waals surface area (Å²) < 4.78 is 1.32. The number of nitrogens with zero attached hydrogens (tertiary/aromatic N) is 5. The molecule has 3 aromatic carbocycles. The average Bonchev–Trinajstić information content (AvgIpc) is 3.19. The van der Waals surface area contributed by atoms with E-state index in [4.69, 9.17) is 11.6 Å². The molecule has 0 bridgehead atoms. The molecule has 1 heterocycles. The van der Waals surface area contributed by atoms with E-state index in [9.17, 15) is 20.2 Å². The van der Waals surface area contributed by atoms with Gasteiger partial charge < -0.3 is 0 Å². The fourth-order valence-electron chi connectivity index (χ4n) is 2.93. The number of non-ortho nitro benzene ring substituents is 1. The fourth-order valence-corrected chi connectivity index (χ4v) is 3.05. The molecule has 4 aromatic rings. The molecule has 10 heteroatoms. The van der Waals surface area contributed by atoms with E-state index in [-0.39, 0.29) is 11.4 Å². The maximum absolute atomic E-state index is 11.6. The smallest absolute Gasteiger partial charge is 0.258 e. The molecule has 1 aromatic heterocycles. The fraction of sp³-hybridized carbons (Fsp3) is 0. The highest BCUT2D eigenvalue weighted by Gasteiger charge is 2.25. The van der Waals surface area contributed by atoms with Crippen molar-refractivity contribution in [3.05, 3.63) is 98.0 Å². The summed E-state index contributed by atoms with van der Waals surface area (Å²) in [6.07, 6.45) is 0. The molecule has 0 saturated heterocycles. The molecule has 0 N–H and O–H groups in total. The second-order valence-corrected chi connectivity index (χ2v) is 6.67. The Labute approximate surface area is 174 Å². The van der Waals surface area contributed by atoms with Crippen LogP contribution in [0.4, 0.5) is 11.4 Å². The molecule has 0 spiro atoms. The largest absolute Gasteiger partial charge is 0.301 e. The second-order valence-electron chi connectivity index (χ2n) is 6.23. The van der Waals surface area contributed by atoms with E-state index in [1.54, 1.807) is 48.5 Å². The Bertz CT molecular complexity index is 1260. The molecule has 0 fully saturated rings. The van der Waals surface area contributed by atoms with Crippen molar-refractivity contribution in [1.29, 1.82) is 0 Å². The van der Waals surface area contributed by atoms with Crippen molar-refractivity contribution < 1.29 is 9.85 Å². The maximum Gasteiger partial charge on any atom is 0.301 e. The third-order valence-electron chi connectivity index (χ3n) is 4.34. The molecule has 148 valence electrons. The summed E-state index contributed by atoms with van der Waals surface area (Å²) >= 11 is 5.95. The molecular formula is C20H12ClN5O4. The number of hydrogen-bond donors (Lipinski definition) is 0. The molecule has 30 heavy (non-hydrogen) atoms.